The highest BCUT2D eigenvalue weighted by molar-refractivity contribution is 5.87. The molecule has 0 aromatic heterocycles. The Labute approximate surface area is 136 Å². The molecule has 0 fully saturated rings. The van der Waals surface area contributed by atoms with Crippen molar-refractivity contribution < 1.29 is 14.6 Å². The molecule has 4 heteroatoms. The van der Waals surface area contributed by atoms with E-state index in [0.717, 1.165) is 43.8 Å². The summed E-state index contributed by atoms with van der Waals surface area (Å²) in [6, 6.07) is 13.4. The van der Waals surface area contributed by atoms with Gasteiger partial charge in [-0.15, -0.1) is 0 Å². The van der Waals surface area contributed by atoms with Gasteiger partial charge in [-0.3, -0.25) is 4.90 Å². The highest BCUT2D eigenvalue weighted by atomic mass is 16.5. The fourth-order valence-corrected chi connectivity index (χ4v) is 3.15. The van der Waals surface area contributed by atoms with Crippen LogP contribution in [0.2, 0.25) is 0 Å². The summed E-state index contributed by atoms with van der Waals surface area (Å²) in [5.41, 5.74) is 4.17. The number of carboxylic acid groups (broad SMARTS) is 1. The van der Waals surface area contributed by atoms with E-state index in [9.17, 15) is 4.79 Å². The Bertz CT molecular complexity index is 694. The van der Waals surface area contributed by atoms with Gasteiger partial charge in [0.1, 0.15) is 5.75 Å². The van der Waals surface area contributed by atoms with Gasteiger partial charge in [-0.25, -0.2) is 4.79 Å². The first kappa shape index (κ1) is 15.6. The summed E-state index contributed by atoms with van der Waals surface area (Å²) < 4.78 is 5.48. The van der Waals surface area contributed by atoms with Gasteiger partial charge in [0.2, 0.25) is 0 Å². The number of fused-ring (bicyclic) bond motifs is 1. The smallest absolute Gasteiger partial charge is 0.335 e. The van der Waals surface area contributed by atoms with Crippen LogP contribution in [0.25, 0.3) is 0 Å². The largest absolute Gasteiger partial charge is 0.496 e. The molecule has 0 aliphatic carbocycles. The van der Waals surface area contributed by atoms with Crippen LogP contribution >= 0.6 is 0 Å². The van der Waals surface area contributed by atoms with E-state index in [1.807, 2.05) is 18.2 Å². The molecule has 0 unspecified atom stereocenters. The molecule has 1 N–H and O–H groups in total. The number of aromatic carboxylic acids is 1. The zero-order valence-electron chi connectivity index (χ0n) is 13.3. The summed E-state index contributed by atoms with van der Waals surface area (Å²) in [5, 5.41) is 8.96. The third kappa shape index (κ3) is 3.54. The van der Waals surface area contributed by atoms with Crippen LogP contribution in [-0.2, 0) is 19.4 Å². The second-order valence-corrected chi connectivity index (χ2v) is 5.88. The number of hydrogen-bond acceptors (Lipinski definition) is 3. The second kappa shape index (κ2) is 6.84. The first-order chi connectivity index (χ1) is 11.2. The molecular weight excluding hydrogens is 290 g/mol. The van der Waals surface area contributed by atoms with Crippen LogP contribution in [0, 0.1) is 0 Å². The topological polar surface area (TPSA) is 49.8 Å². The standard InChI is InChI=1S/C19H21NO3/c1-23-18-4-2-3-15-9-11-20(12-10-17(15)18)13-14-5-7-16(8-6-14)19(21)22/h2-8H,9-13H2,1H3,(H,21,22). The van der Waals surface area contributed by atoms with Crippen LogP contribution in [0.3, 0.4) is 0 Å². The molecule has 23 heavy (non-hydrogen) atoms. The van der Waals surface area contributed by atoms with E-state index >= 15 is 0 Å². The molecule has 2 aromatic carbocycles. The fraction of sp³-hybridized carbons (Fsp3) is 0.316. The van der Waals surface area contributed by atoms with Gasteiger partial charge in [0.05, 0.1) is 12.7 Å². The number of ether oxygens (including phenoxy) is 1. The van der Waals surface area contributed by atoms with Crippen molar-refractivity contribution in [1.82, 2.24) is 4.90 Å². The van der Waals surface area contributed by atoms with Crippen molar-refractivity contribution in [2.75, 3.05) is 20.2 Å². The van der Waals surface area contributed by atoms with Crippen molar-refractivity contribution in [3.8, 4) is 5.75 Å². The Morgan fingerprint density at radius 1 is 1.13 bits per heavy atom. The molecule has 0 saturated carbocycles. The lowest BCUT2D eigenvalue weighted by atomic mass is 10.0. The minimum atomic E-state index is -0.881. The van der Waals surface area contributed by atoms with Crippen LogP contribution in [0.15, 0.2) is 42.5 Å². The second-order valence-electron chi connectivity index (χ2n) is 5.88. The quantitative estimate of drug-likeness (QED) is 0.943. The Morgan fingerprint density at radius 3 is 2.57 bits per heavy atom. The number of hydrogen-bond donors (Lipinski definition) is 1. The van der Waals surface area contributed by atoms with E-state index in [-0.39, 0.29) is 0 Å². The van der Waals surface area contributed by atoms with Gasteiger partial charge in [-0.05, 0) is 47.7 Å². The van der Waals surface area contributed by atoms with Crippen molar-refractivity contribution in [2.45, 2.75) is 19.4 Å². The minimum Gasteiger partial charge on any atom is -0.496 e. The first-order valence-corrected chi connectivity index (χ1v) is 7.86. The number of benzene rings is 2. The number of carbonyl (C=O) groups is 1. The normalized spacial score (nSPS) is 14.8. The summed E-state index contributed by atoms with van der Waals surface area (Å²) in [7, 11) is 1.72. The summed E-state index contributed by atoms with van der Waals surface area (Å²) in [4.78, 5) is 13.3. The third-order valence-corrected chi connectivity index (χ3v) is 4.43. The zero-order chi connectivity index (χ0) is 16.2. The molecule has 1 heterocycles. The van der Waals surface area contributed by atoms with Crippen molar-refractivity contribution in [1.29, 1.82) is 0 Å². The number of methoxy groups -OCH3 is 1. The molecule has 0 saturated heterocycles. The summed E-state index contributed by atoms with van der Waals surface area (Å²) >= 11 is 0. The maximum Gasteiger partial charge on any atom is 0.335 e. The van der Waals surface area contributed by atoms with Crippen molar-refractivity contribution in [3.63, 3.8) is 0 Å². The lowest BCUT2D eigenvalue weighted by Crippen LogP contribution is -2.25. The summed E-state index contributed by atoms with van der Waals surface area (Å²) in [6.45, 7) is 2.82. The predicted molar refractivity (Wildman–Crippen MR) is 89.1 cm³/mol. The van der Waals surface area contributed by atoms with Crippen LogP contribution in [-0.4, -0.2) is 36.2 Å². The molecule has 3 rings (SSSR count). The van der Waals surface area contributed by atoms with E-state index in [1.165, 1.54) is 11.1 Å². The molecule has 0 amide bonds. The molecule has 120 valence electrons. The fourth-order valence-electron chi connectivity index (χ4n) is 3.15. The van der Waals surface area contributed by atoms with E-state index in [4.69, 9.17) is 9.84 Å². The maximum atomic E-state index is 10.9. The van der Waals surface area contributed by atoms with Gasteiger partial charge in [-0.1, -0.05) is 24.3 Å². The molecule has 1 aliphatic heterocycles. The monoisotopic (exact) mass is 311 g/mol. The first-order valence-electron chi connectivity index (χ1n) is 7.86. The average molecular weight is 311 g/mol. The number of rotatable bonds is 4. The van der Waals surface area contributed by atoms with Crippen molar-refractivity contribution >= 4 is 5.97 Å². The Kier molecular flexibility index (Phi) is 4.63. The lowest BCUT2D eigenvalue weighted by molar-refractivity contribution is 0.0697. The molecule has 1 aliphatic rings. The minimum absolute atomic E-state index is 0.335. The molecule has 4 nitrogen and oxygen atoms in total. The average Bonchev–Trinajstić information content (AvgIpc) is 2.78. The lowest BCUT2D eigenvalue weighted by Gasteiger charge is -2.19. The molecule has 0 spiro atoms. The summed E-state index contributed by atoms with van der Waals surface area (Å²) in [6.07, 6.45) is 1.99. The van der Waals surface area contributed by atoms with Gasteiger partial charge >= 0.3 is 5.97 Å². The van der Waals surface area contributed by atoms with Crippen LogP contribution in [0.1, 0.15) is 27.0 Å². The molecule has 0 atom stereocenters. The SMILES string of the molecule is COc1cccc2c1CCN(Cc1ccc(C(=O)O)cc1)CC2. The van der Waals surface area contributed by atoms with E-state index in [0.29, 0.717) is 5.56 Å². The van der Waals surface area contributed by atoms with E-state index in [1.54, 1.807) is 19.2 Å². The van der Waals surface area contributed by atoms with E-state index < -0.39 is 5.97 Å². The predicted octanol–water partition coefficient (Wildman–Crippen LogP) is 2.99. The Balaban J connectivity index is 1.69. The van der Waals surface area contributed by atoms with Crippen molar-refractivity contribution in [3.05, 3.63) is 64.7 Å². The van der Waals surface area contributed by atoms with E-state index in [2.05, 4.69) is 17.0 Å². The maximum absolute atomic E-state index is 10.9. The summed E-state index contributed by atoms with van der Waals surface area (Å²) in [5.74, 6) is 0.101. The van der Waals surface area contributed by atoms with Gasteiger partial charge in [0.25, 0.3) is 0 Å². The van der Waals surface area contributed by atoms with Gasteiger partial charge in [0, 0.05) is 19.6 Å². The molecular formula is C19H21NO3. The molecule has 2 aromatic rings. The Hall–Kier alpha value is -2.33. The van der Waals surface area contributed by atoms with Crippen LogP contribution < -0.4 is 4.74 Å². The number of carboxylic acids is 1. The third-order valence-electron chi connectivity index (χ3n) is 4.43. The van der Waals surface area contributed by atoms with Gasteiger partial charge < -0.3 is 9.84 Å². The Morgan fingerprint density at radius 2 is 1.87 bits per heavy atom. The highest BCUT2D eigenvalue weighted by Crippen LogP contribution is 2.26. The van der Waals surface area contributed by atoms with Gasteiger partial charge in [0.15, 0.2) is 0 Å². The number of nitrogens with zero attached hydrogens (tertiary/aromatic N) is 1. The van der Waals surface area contributed by atoms with Gasteiger partial charge in [-0.2, -0.15) is 0 Å². The highest BCUT2D eigenvalue weighted by Gasteiger charge is 2.17. The van der Waals surface area contributed by atoms with Crippen LogP contribution in [0.4, 0.5) is 0 Å². The van der Waals surface area contributed by atoms with Crippen molar-refractivity contribution in [2.24, 2.45) is 0 Å². The zero-order valence-corrected chi connectivity index (χ0v) is 13.3. The molecule has 0 radical (unpaired) electrons. The van der Waals surface area contributed by atoms with Crippen LogP contribution in [0.5, 0.6) is 5.75 Å². The molecule has 0 bridgehead atoms.